The lowest BCUT2D eigenvalue weighted by atomic mass is 10.1. The molecule has 0 unspecified atom stereocenters. The van der Waals surface area contributed by atoms with Gasteiger partial charge in [-0.25, -0.2) is 0 Å². The average Bonchev–Trinajstić information content (AvgIpc) is 2.97. The minimum atomic E-state index is -0.582. The van der Waals surface area contributed by atoms with Crippen molar-refractivity contribution in [1.29, 1.82) is 0 Å². The second-order valence-corrected chi connectivity index (χ2v) is 5.83. The van der Waals surface area contributed by atoms with Gasteiger partial charge < -0.3 is 14.5 Å². The Labute approximate surface area is 134 Å². The number of carbonyl (C=O) groups is 2. The van der Waals surface area contributed by atoms with Gasteiger partial charge in [0.25, 0.3) is 5.91 Å². The van der Waals surface area contributed by atoms with Crippen molar-refractivity contribution in [1.82, 2.24) is 20.0 Å². The molecule has 1 aromatic heterocycles. The quantitative estimate of drug-likeness (QED) is 0.890. The zero-order valence-corrected chi connectivity index (χ0v) is 13.3. The molecule has 2 aromatic rings. The molecule has 23 heavy (non-hydrogen) atoms. The number of H-pyrrole nitrogens is 1. The number of hydrogen-bond donors (Lipinski definition) is 1. The number of morpholine rings is 1. The van der Waals surface area contributed by atoms with Crippen molar-refractivity contribution in [3.63, 3.8) is 0 Å². The van der Waals surface area contributed by atoms with E-state index in [4.69, 9.17) is 4.74 Å². The Hall–Kier alpha value is -2.41. The fraction of sp³-hybridized carbons (Fsp3) is 0.438. The number of fused-ring (bicyclic) bond motifs is 1. The predicted octanol–water partition coefficient (Wildman–Crippen LogP) is 0.421. The van der Waals surface area contributed by atoms with Gasteiger partial charge in [-0.05, 0) is 6.07 Å². The van der Waals surface area contributed by atoms with E-state index in [1.165, 1.54) is 4.90 Å². The van der Waals surface area contributed by atoms with Gasteiger partial charge in [-0.15, -0.1) is 0 Å². The molecule has 1 aliphatic rings. The maximum absolute atomic E-state index is 12.5. The number of ether oxygens (including phenoxy) is 1. The molecule has 0 aliphatic carbocycles. The summed E-state index contributed by atoms with van der Waals surface area (Å²) in [6, 6.07) is 7.68. The lowest BCUT2D eigenvalue weighted by Crippen LogP contribution is -2.51. The van der Waals surface area contributed by atoms with Gasteiger partial charge >= 0.3 is 0 Å². The summed E-state index contributed by atoms with van der Waals surface area (Å²) in [5.74, 6) is -0.145. The average molecular weight is 316 g/mol. The number of rotatable bonds is 3. The first kappa shape index (κ1) is 15.5. The molecule has 1 aliphatic heterocycles. The molecule has 1 N–H and O–H groups in total. The number of aromatic nitrogens is 2. The Balaban J connectivity index is 1.69. The van der Waals surface area contributed by atoms with Crippen molar-refractivity contribution >= 4 is 22.7 Å². The number of likely N-dealkylation sites (N-methyl/N-ethyl adjacent to an activating group) is 1. The maximum Gasteiger partial charge on any atom is 0.253 e. The van der Waals surface area contributed by atoms with E-state index in [2.05, 4.69) is 10.2 Å². The maximum atomic E-state index is 12.5. The first-order chi connectivity index (χ1) is 11.1. The normalized spacial score (nSPS) is 18.2. The van der Waals surface area contributed by atoms with Gasteiger partial charge in [-0.2, -0.15) is 5.10 Å². The molecule has 1 atom stereocenters. The standard InChI is InChI=1S/C16H20N4O3/c1-19(2)16(22)14-10-20(7-8-23-14)15(21)9-13-11-5-3-4-6-12(11)17-18-13/h3-6,14H,7-10H2,1-2H3,(H,17,18)/t14-/m1/s1. The first-order valence-corrected chi connectivity index (χ1v) is 7.59. The Morgan fingerprint density at radius 2 is 2.17 bits per heavy atom. The molecular weight excluding hydrogens is 296 g/mol. The molecule has 0 bridgehead atoms. The lowest BCUT2D eigenvalue weighted by molar-refractivity contribution is -0.152. The molecule has 7 heteroatoms. The molecule has 0 radical (unpaired) electrons. The SMILES string of the molecule is CN(C)C(=O)[C@H]1CN(C(=O)Cc2[nH]nc3ccccc23)CCO1. The number of nitrogens with one attached hydrogen (secondary N) is 1. The second-order valence-electron chi connectivity index (χ2n) is 5.83. The van der Waals surface area contributed by atoms with Crippen LogP contribution in [-0.2, 0) is 20.7 Å². The summed E-state index contributed by atoms with van der Waals surface area (Å²) >= 11 is 0. The number of nitrogens with zero attached hydrogens (tertiary/aromatic N) is 3. The molecular formula is C16H20N4O3. The van der Waals surface area contributed by atoms with Gasteiger partial charge in [0.1, 0.15) is 0 Å². The van der Waals surface area contributed by atoms with Crippen LogP contribution in [0.3, 0.4) is 0 Å². The molecule has 1 aromatic carbocycles. The second kappa shape index (κ2) is 6.37. The smallest absolute Gasteiger partial charge is 0.253 e. The number of benzene rings is 1. The van der Waals surface area contributed by atoms with Crippen molar-refractivity contribution in [3.05, 3.63) is 30.0 Å². The van der Waals surface area contributed by atoms with Crippen LogP contribution in [0.4, 0.5) is 0 Å². The van der Waals surface area contributed by atoms with E-state index in [9.17, 15) is 9.59 Å². The Morgan fingerprint density at radius 1 is 1.39 bits per heavy atom. The van der Waals surface area contributed by atoms with Crippen molar-refractivity contribution in [2.24, 2.45) is 0 Å². The zero-order chi connectivity index (χ0) is 16.4. The molecule has 1 fully saturated rings. The molecule has 0 spiro atoms. The van der Waals surface area contributed by atoms with Gasteiger partial charge in [-0.3, -0.25) is 14.7 Å². The minimum Gasteiger partial charge on any atom is -0.365 e. The van der Waals surface area contributed by atoms with E-state index < -0.39 is 6.10 Å². The Kier molecular flexibility index (Phi) is 4.29. The molecule has 122 valence electrons. The highest BCUT2D eigenvalue weighted by molar-refractivity contribution is 5.88. The molecule has 2 amide bonds. The summed E-state index contributed by atoms with van der Waals surface area (Å²) in [6.07, 6.45) is -0.343. The summed E-state index contributed by atoms with van der Waals surface area (Å²) in [7, 11) is 3.37. The summed E-state index contributed by atoms with van der Waals surface area (Å²) in [6.45, 7) is 1.17. The number of para-hydroxylation sites is 1. The number of amides is 2. The van der Waals surface area contributed by atoms with Crippen LogP contribution in [0.25, 0.3) is 10.9 Å². The first-order valence-electron chi connectivity index (χ1n) is 7.59. The molecule has 1 saturated heterocycles. The third-order valence-corrected chi connectivity index (χ3v) is 4.00. The summed E-state index contributed by atoms with van der Waals surface area (Å²) in [4.78, 5) is 27.7. The van der Waals surface area contributed by atoms with E-state index >= 15 is 0 Å². The predicted molar refractivity (Wildman–Crippen MR) is 84.8 cm³/mol. The minimum absolute atomic E-state index is 0.0285. The van der Waals surface area contributed by atoms with Crippen molar-refractivity contribution in [3.8, 4) is 0 Å². The third kappa shape index (κ3) is 3.19. The molecule has 2 heterocycles. The fourth-order valence-corrected chi connectivity index (χ4v) is 2.73. The van der Waals surface area contributed by atoms with Gasteiger partial charge in [-0.1, -0.05) is 18.2 Å². The van der Waals surface area contributed by atoms with Gasteiger partial charge in [0.2, 0.25) is 5.91 Å². The molecule has 0 saturated carbocycles. The summed E-state index contributed by atoms with van der Waals surface area (Å²) < 4.78 is 5.48. The van der Waals surface area contributed by atoms with Crippen LogP contribution in [0.5, 0.6) is 0 Å². The van der Waals surface area contributed by atoms with Gasteiger partial charge in [0.15, 0.2) is 6.10 Å². The van der Waals surface area contributed by atoms with Gasteiger partial charge in [0, 0.05) is 26.0 Å². The fourth-order valence-electron chi connectivity index (χ4n) is 2.73. The van der Waals surface area contributed by atoms with Crippen LogP contribution in [-0.4, -0.2) is 71.7 Å². The van der Waals surface area contributed by atoms with Crippen LogP contribution in [0.1, 0.15) is 5.69 Å². The number of hydrogen-bond acceptors (Lipinski definition) is 4. The van der Waals surface area contributed by atoms with E-state index in [1.54, 1.807) is 19.0 Å². The van der Waals surface area contributed by atoms with Crippen molar-refractivity contribution in [2.45, 2.75) is 12.5 Å². The highest BCUT2D eigenvalue weighted by Crippen LogP contribution is 2.17. The van der Waals surface area contributed by atoms with Crippen molar-refractivity contribution < 1.29 is 14.3 Å². The summed E-state index contributed by atoms with van der Waals surface area (Å²) in [5.41, 5.74) is 1.64. The topological polar surface area (TPSA) is 78.5 Å². The zero-order valence-electron chi connectivity index (χ0n) is 13.3. The number of carbonyl (C=O) groups excluding carboxylic acids is 2. The van der Waals surface area contributed by atoms with E-state index in [1.807, 2.05) is 24.3 Å². The third-order valence-electron chi connectivity index (χ3n) is 4.00. The largest absolute Gasteiger partial charge is 0.365 e. The van der Waals surface area contributed by atoms with E-state index in [0.717, 1.165) is 16.6 Å². The lowest BCUT2D eigenvalue weighted by Gasteiger charge is -2.33. The van der Waals surface area contributed by atoms with E-state index in [-0.39, 0.29) is 18.2 Å². The molecule has 3 rings (SSSR count). The molecule has 7 nitrogen and oxygen atoms in total. The highest BCUT2D eigenvalue weighted by atomic mass is 16.5. The van der Waals surface area contributed by atoms with Crippen LogP contribution in [0, 0.1) is 0 Å². The van der Waals surface area contributed by atoms with Crippen LogP contribution < -0.4 is 0 Å². The van der Waals surface area contributed by atoms with Crippen LogP contribution in [0.2, 0.25) is 0 Å². The van der Waals surface area contributed by atoms with Crippen LogP contribution in [0.15, 0.2) is 24.3 Å². The van der Waals surface area contributed by atoms with Gasteiger partial charge in [0.05, 0.1) is 30.8 Å². The number of aromatic amines is 1. The monoisotopic (exact) mass is 316 g/mol. The highest BCUT2D eigenvalue weighted by Gasteiger charge is 2.30. The summed E-state index contributed by atoms with van der Waals surface area (Å²) in [5, 5.41) is 8.09. The van der Waals surface area contributed by atoms with E-state index in [0.29, 0.717) is 19.7 Å². The Morgan fingerprint density at radius 3 is 2.96 bits per heavy atom. The van der Waals surface area contributed by atoms with Crippen LogP contribution >= 0.6 is 0 Å². The Bertz CT molecular complexity index is 725. The van der Waals surface area contributed by atoms with Crippen molar-refractivity contribution in [2.75, 3.05) is 33.8 Å².